The molecule has 0 fully saturated rings. The lowest BCUT2D eigenvalue weighted by molar-refractivity contribution is -0.144. The first-order chi connectivity index (χ1) is 16.4. The Bertz CT molecular complexity index is 1150. The summed E-state index contributed by atoms with van der Waals surface area (Å²) in [5, 5.41) is 0. The van der Waals surface area contributed by atoms with E-state index in [1.54, 1.807) is 45.0 Å². The highest BCUT2D eigenvalue weighted by Crippen LogP contribution is 2.39. The largest absolute Gasteiger partial charge is 0.465 e. The number of halogens is 3. The number of esters is 2. The summed E-state index contributed by atoms with van der Waals surface area (Å²) in [4.78, 5) is 39.5. The smallest absolute Gasteiger partial charge is 0.416 e. The number of carbonyl (C=O) groups excluding carboxylic acids is 3. The number of amides is 1. The molecule has 0 saturated heterocycles. The molecule has 0 aliphatic carbocycles. The van der Waals surface area contributed by atoms with Crippen molar-refractivity contribution in [2.24, 2.45) is 0 Å². The van der Waals surface area contributed by atoms with E-state index in [1.165, 1.54) is 24.1 Å². The van der Waals surface area contributed by atoms with Gasteiger partial charge in [-0.3, -0.25) is 4.79 Å². The fourth-order valence-corrected chi connectivity index (χ4v) is 4.03. The average molecular weight is 489 g/mol. The highest BCUT2D eigenvalue weighted by molar-refractivity contribution is 5.96. The molecular weight excluding hydrogens is 463 g/mol. The van der Waals surface area contributed by atoms with E-state index >= 15 is 0 Å². The molecular formula is C26H26F3NO5. The molecule has 2 aromatic rings. The Morgan fingerprint density at radius 2 is 1.74 bits per heavy atom. The standard InChI is InChI=1S/C26H26F3NO5/c1-15(2)35-25(33)23-16(3)30(14-17-6-5-7-19(12-17)24(32)34-4)22(31)13-21(23)18-8-10-20(11-9-18)26(27,28)29/h5-12,15,21H,13-14H2,1-4H3/t21-/m0/s1. The second kappa shape index (κ2) is 10.3. The summed E-state index contributed by atoms with van der Waals surface area (Å²) >= 11 is 0. The summed E-state index contributed by atoms with van der Waals surface area (Å²) in [5.74, 6) is -2.22. The zero-order valence-corrected chi connectivity index (χ0v) is 19.8. The number of benzene rings is 2. The summed E-state index contributed by atoms with van der Waals surface area (Å²) in [6.07, 6.45) is -5.05. The van der Waals surface area contributed by atoms with Crippen molar-refractivity contribution < 1.29 is 37.0 Å². The Labute approximate surface area is 201 Å². The molecule has 1 aliphatic heterocycles. The number of hydrogen-bond donors (Lipinski definition) is 0. The Balaban J connectivity index is 2.02. The van der Waals surface area contributed by atoms with E-state index in [4.69, 9.17) is 9.47 Å². The maximum atomic E-state index is 13.2. The Morgan fingerprint density at radius 1 is 1.09 bits per heavy atom. The Morgan fingerprint density at radius 3 is 2.31 bits per heavy atom. The van der Waals surface area contributed by atoms with Gasteiger partial charge in [0.15, 0.2) is 0 Å². The first-order valence-corrected chi connectivity index (χ1v) is 11.0. The molecule has 9 heteroatoms. The van der Waals surface area contributed by atoms with Crippen LogP contribution in [0, 0.1) is 0 Å². The lowest BCUT2D eigenvalue weighted by atomic mass is 9.83. The van der Waals surface area contributed by atoms with Gasteiger partial charge in [0.05, 0.1) is 36.5 Å². The second-order valence-corrected chi connectivity index (χ2v) is 8.50. The minimum absolute atomic E-state index is 0.0910. The van der Waals surface area contributed by atoms with Crippen molar-refractivity contribution in [1.82, 2.24) is 4.90 Å². The molecule has 3 rings (SSSR count). The third-order valence-corrected chi connectivity index (χ3v) is 5.71. The van der Waals surface area contributed by atoms with Crippen molar-refractivity contribution in [3.63, 3.8) is 0 Å². The molecule has 35 heavy (non-hydrogen) atoms. The maximum absolute atomic E-state index is 13.2. The molecule has 0 unspecified atom stereocenters. The molecule has 6 nitrogen and oxygen atoms in total. The SMILES string of the molecule is COC(=O)c1cccc(CN2C(=O)C[C@@H](c3ccc(C(F)(F)F)cc3)C(C(=O)OC(C)C)=C2C)c1. The van der Waals surface area contributed by atoms with Gasteiger partial charge in [0.1, 0.15) is 0 Å². The van der Waals surface area contributed by atoms with Gasteiger partial charge >= 0.3 is 18.1 Å². The van der Waals surface area contributed by atoms with Gasteiger partial charge in [0, 0.05) is 18.0 Å². The number of carbonyl (C=O) groups is 3. The highest BCUT2D eigenvalue weighted by Gasteiger charge is 2.38. The number of nitrogens with zero attached hydrogens (tertiary/aromatic N) is 1. The summed E-state index contributed by atoms with van der Waals surface area (Å²) in [6.45, 7) is 5.07. The minimum Gasteiger partial charge on any atom is -0.465 e. The predicted octanol–water partition coefficient (Wildman–Crippen LogP) is 5.23. The topological polar surface area (TPSA) is 72.9 Å². The van der Waals surface area contributed by atoms with Gasteiger partial charge in [-0.15, -0.1) is 0 Å². The van der Waals surface area contributed by atoms with Crippen LogP contribution in [0.4, 0.5) is 13.2 Å². The van der Waals surface area contributed by atoms with E-state index in [0.29, 0.717) is 22.4 Å². The van der Waals surface area contributed by atoms with Crippen molar-refractivity contribution in [2.45, 2.75) is 51.9 Å². The second-order valence-electron chi connectivity index (χ2n) is 8.50. The van der Waals surface area contributed by atoms with Crippen LogP contribution < -0.4 is 0 Å². The summed E-state index contributed by atoms with van der Waals surface area (Å²) in [5.41, 5.74) is 1.11. The average Bonchev–Trinajstić information content (AvgIpc) is 2.80. The van der Waals surface area contributed by atoms with Crippen LogP contribution in [0.5, 0.6) is 0 Å². The van der Waals surface area contributed by atoms with Crippen LogP contribution in [-0.4, -0.2) is 36.0 Å². The van der Waals surface area contributed by atoms with Crippen molar-refractivity contribution in [3.8, 4) is 0 Å². The van der Waals surface area contributed by atoms with Gasteiger partial charge < -0.3 is 14.4 Å². The first-order valence-electron chi connectivity index (χ1n) is 11.0. The van der Waals surface area contributed by atoms with Crippen molar-refractivity contribution in [2.75, 3.05) is 7.11 Å². The molecule has 0 radical (unpaired) electrons. The molecule has 1 amide bonds. The van der Waals surface area contributed by atoms with E-state index in [0.717, 1.165) is 12.1 Å². The Hall–Kier alpha value is -3.62. The fraction of sp³-hybridized carbons (Fsp3) is 0.346. The van der Waals surface area contributed by atoms with Gasteiger partial charge in [0.2, 0.25) is 5.91 Å². The number of alkyl halides is 3. The zero-order valence-electron chi connectivity index (χ0n) is 19.8. The monoisotopic (exact) mass is 489 g/mol. The number of methoxy groups -OCH3 is 1. The van der Waals surface area contributed by atoms with E-state index in [2.05, 4.69) is 0 Å². The van der Waals surface area contributed by atoms with Crippen LogP contribution in [0.2, 0.25) is 0 Å². The summed E-state index contributed by atoms with van der Waals surface area (Å²) < 4.78 is 49.2. The molecule has 186 valence electrons. The molecule has 1 atom stereocenters. The van der Waals surface area contributed by atoms with Crippen LogP contribution in [0.1, 0.15) is 60.2 Å². The molecule has 2 aromatic carbocycles. The lowest BCUT2D eigenvalue weighted by Gasteiger charge is -2.35. The van der Waals surface area contributed by atoms with Crippen LogP contribution in [0.3, 0.4) is 0 Å². The third-order valence-electron chi connectivity index (χ3n) is 5.71. The number of ether oxygens (including phenoxy) is 2. The van der Waals surface area contributed by atoms with E-state index in [-0.39, 0.29) is 24.4 Å². The van der Waals surface area contributed by atoms with Crippen molar-refractivity contribution >= 4 is 17.8 Å². The van der Waals surface area contributed by atoms with Crippen LogP contribution in [0.25, 0.3) is 0 Å². The van der Waals surface area contributed by atoms with E-state index < -0.39 is 35.7 Å². The molecule has 0 aromatic heterocycles. The summed E-state index contributed by atoms with van der Waals surface area (Å²) in [7, 11) is 1.27. The number of hydrogen-bond acceptors (Lipinski definition) is 5. The van der Waals surface area contributed by atoms with E-state index in [9.17, 15) is 27.6 Å². The number of rotatable bonds is 6. The number of allylic oxidation sites excluding steroid dienone is 1. The third kappa shape index (κ3) is 5.90. The molecule has 0 bridgehead atoms. The molecule has 0 saturated carbocycles. The zero-order chi connectivity index (χ0) is 25.9. The van der Waals surface area contributed by atoms with Crippen LogP contribution >= 0.6 is 0 Å². The van der Waals surface area contributed by atoms with Crippen molar-refractivity contribution in [1.29, 1.82) is 0 Å². The van der Waals surface area contributed by atoms with Crippen LogP contribution in [-0.2, 0) is 31.8 Å². The maximum Gasteiger partial charge on any atom is 0.416 e. The minimum atomic E-state index is -4.50. The molecule has 1 aliphatic rings. The predicted molar refractivity (Wildman–Crippen MR) is 121 cm³/mol. The van der Waals surface area contributed by atoms with E-state index in [1.807, 2.05) is 0 Å². The molecule has 1 heterocycles. The lowest BCUT2D eigenvalue weighted by Crippen LogP contribution is -2.38. The fourth-order valence-electron chi connectivity index (χ4n) is 4.03. The normalized spacial score (nSPS) is 16.5. The van der Waals surface area contributed by atoms with Gasteiger partial charge in [-0.1, -0.05) is 24.3 Å². The highest BCUT2D eigenvalue weighted by atomic mass is 19.4. The quantitative estimate of drug-likeness (QED) is 0.520. The first kappa shape index (κ1) is 26.0. The van der Waals surface area contributed by atoms with Gasteiger partial charge in [-0.25, -0.2) is 9.59 Å². The molecule has 0 N–H and O–H groups in total. The summed E-state index contributed by atoms with van der Waals surface area (Å²) in [6, 6.07) is 11.0. The van der Waals surface area contributed by atoms with Gasteiger partial charge in [0.25, 0.3) is 0 Å². The Kier molecular flexibility index (Phi) is 7.67. The molecule has 0 spiro atoms. The van der Waals surface area contributed by atoms with Gasteiger partial charge in [-0.2, -0.15) is 13.2 Å². The van der Waals surface area contributed by atoms with Crippen molar-refractivity contribution in [3.05, 3.63) is 82.1 Å². The van der Waals surface area contributed by atoms with Gasteiger partial charge in [-0.05, 0) is 56.2 Å². The van der Waals surface area contributed by atoms with Crippen LogP contribution in [0.15, 0.2) is 59.8 Å².